The molecule has 2 aliphatic rings. The Hall–Kier alpha value is -2.15. The molecule has 1 atom stereocenters. The quantitative estimate of drug-likeness (QED) is 0.827. The normalized spacial score (nSPS) is 23.5. The maximum atomic E-state index is 12.8. The molecular formula is C17H24N4O3. The number of aliphatic hydroxyl groups is 1. The van der Waals surface area contributed by atoms with Crippen LogP contribution in [0.1, 0.15) is 29.6 Å². The highest BCUT2D eigenvalue weighted by atomic mass is 16.3. The van der Waals surface area contributed by atoms with Crippen LogP contribution in [0, 0.1) is 5.41 Å². The van der Waals surface area contributed by atoms with Crippen molar-refractivity contribution in [3.63, 3.8) is 0 Å². The van der Waals surface area contributed by atoms with E-state index in [0.717, 1.165) is 0 Å². The molecule has 2 amide bonds. The number of amides is 2. The number of anilines is 1. The van der Waals surface area contributed by atoms with Crippen molar-refractivity contribution >= 4 is 17.6 Å². The summed E-state index contributed by atoms with van der Waals surface area (Å²) >= 11 is 0. The molecule has 24 heavy (non-hydrogen) atoms. The lowest BCUT2D eigenvalue weighted by Gasteiger charge is -2.47. The molecule has 1 unspecified atom stereocenters. The fourth-order valence-corrected chi connectivity index (χ4v) is 3.91. The van der Waals surface area contributed by atoms with Gasteiger partial charge in [-0.25, -0.2) is 4.98 Å². The van der Waals surface area contributed by atoms with Crippen molar-refractivity contribution in [1.82, 2.24) is 14.8 Å². The van der Waals surface area contributed by atoms with E-state index in [9.17, 15) is 14.7 Å². The molecule has 2 fully saturated rings. The predicted molar refractivity (Wildman–Crippen MR) is 89.6 cm³/mol. The van der Waals surface area contributed by atoms with Crippen LogP contribution in [0.3, 0.4) is 0 Å². The molecule has 7 heteroatoms. The number of hydrogen-bond donors (Lipinski definition) is 2. The first kappa shape index (κ1) is 16.7. The van der Waals surface area contributed by atoms with E-state index in [1.54, 1.807) is 42.2 Å². The predicted octanol–water partition coefficient (Wildman–Crippen LogP) is 0.569. The van der Waals surface area contributed by atoms with Crippen molar-refractivity contribution in [2.75, 3.05) is 39.0 Å². The van der Waals surface area contributed by atoms with Crippen LogP contribution in [0.25, 0.3) is 0 Å². The molecule has 2 N–H and O–H groups in total. The van der Waals surface area contributed by atoms with Crippen LogP contribution in [0.5, 0.6) is 0 Å². The molecule has 3 heterocycles. The molecule has 7 nitrogen and oxygen atoms in total. The van der Waals surface area contributed by atoms with Crippen LogP contribution in [0.4, 0.5) is 5.82 Å². The number of aromatic nitrogens is 1. The highest BCUT2D eigenvalue weighted by Crippen LogP contribution is 2.41. The fraction of sp³-hybridized carbons (Fsp3) is 0.588. The molecule has 2 saturated heterocycles. The van der Waals surface area contributed by atoms with E-state index in [4.69, 9.17) is 0 Å². The lowest BCUT2D eigenvalue weighted by molar-refractivity contribution is -0.154. The van der Waals surface area contributed by atoms with E-state index in [2.05, 4.69) is 10.3 Å². The van der Waals surface area contributed by atoms with Gasteiger partial charge < -0.3 is 20.2 Å². The summed E-state index contributed by atoms with van der Waals surface area (Å²) in [7, 11) is 3.47. The zero-order valence-electron chi connectivity index (χ0n) is 14.2. The lowest BCUT2D eigenvalue weighted by atomic mass is 9.71. The van der Waals surface area contributed by atoms with Gasteiger partial charge in [0.2, 0.25) is 5.91 Å². The summed E-state index contributed by atoms with van der Waals surface area (Å²) in [5.41, 5.74) is 0.0207. The third-order valence-corrected chi connectivity index (χ3v) is 5.19. The van der Waals surface area contributed by atoms with Gasteiger partial charge in [-0.2, -0.15) is 0 Å². The molecule has 3 rings (SSSR count). The molecule has 0 aromatic carbocycles. The van der Waals surface area contributed by atoms with Crippen molar-refractivity contribution in [3.8, 4) is 0 Å². The summed E-state index contributed by atoms with van der Waals surface area (Å²) in [4.78, 5) is 32.9. The molecule has 0 saturated carbocycles. The Kier molecular flexibility index (Phi) is 4.45. The average molecular weight is 332 g/mol. The second kappa shape index (κ2) is 6.39. The summed E-state index contributed by atoms with van der Waals surface area (Å²) in [6, 6.07) is 3.50. The Labute approximate surface area is 141 Å². The van der Waals surface area contributed by atoms with Crippen molar-refractivity contribution in [2.24, 2.45) is 5.41 Å². The number of piperidine rings is 2. The number of β-amino-alcohol motifs (C(OH)–C–C–N with tert-alkyl or cyclic N) is 1. The summed E-state index contributed by atoms with van der Waals surface area (Å²) < 4.78 is 0. The number of rotatable bonds is 2. The summed E-state index contributed by atoms with van der Waals surface area (Å²) in [6.07, 6.45) is 2.84. The van der Waals surface area contributed by atoms with E-state index in [1.807, 2.05) is 0 Å². The van der Waals surface area contributed by atoms with Crippen molar-refractivity contribution in [3.05, 3.63) is 23.9 Å². The third kappa shape index (κ3) is 2.84. The second-order valence-electron chi connectivity index (χ2n) is 6.77. The van der Waals surface area contributed by atoms with E-state index in [-0.39, 0.29) is 11.8 Å². The van der Waals surface area contributed by atoms with Gasteiger partial charge in [0.05, 0.1) is 17.1 Å². The second-order valence-corrected chi connectivity index (χ2v) is 6.77. The number of likely N-dealkylation sites (tertiary alicyclic amines) is 2. The maximum Gasteiger partial charge on any atom is 0.257 e. The van der Waals surface area contributed by atoms with E-state index < -0.39 is 11.5 Å². The first-order valence-electron chi connectivity index (χ1n) is 8.32. The minimum absolute atomic E-state index is 0.0699. The highest BCUT2D eigenvalue weighted by Gasteiger charge is 2.48. The van der Waals surface area contributed by atoms with Crippen molar-refractivity contribution < 1.29 is 14.7 Å². The van der Waals surface area contributed by atoms with Crippen LogP contribution >= 0.6 is 0 Å². The topological polar surface area (TPSA) is 85.8 Å². The van der Waals surface area contributed by atoms with Crippen LogP contribution in [-0.2, 0) is 4.79 Å². The minimum atomic E-state index is -0.524. The molecule has 1 aromatic heterocycles. The van der Waals surface area contributed by atoms with Gasteiger partial charge in [-0.05, 0) is 31.4 Å². The van der Waals surface area contributed by atoms with Crippen LogP contribution < -0.4 is 5.32 Å². The van der Waals surface area contributed by atoms with Crippen molar-refractivity contribution in [1.29, 1.82) is 0 Å². The molecule has 130 valence electrons. The van der Waals surface area contributed by atoms with Gasteiger partial charge in [0.15, 0.2) is 0 Å². The maximum absolute atomic E-state index is 12.8. The number of pyridine rings is 1. The zero-order valence-corrected chi connectivity index (χ0v) is 14.2. The number of nitrogens with one attached hydrogen (secondary N) is 1. The number of hydrogen-bond acceptors (Lipinski definition) is 5. The summed E-state index contributed by atoms with van der Waals surface area (Å²) in [5.74, 6) is 0.586. The van der Waals surface area contributed by atoms with Gasteiger partial charge in [-0.15, -0.1) is 0 Å². The largest absolute Gasteiger partial charge is 0.391 e. The Bertz CT molecular complexity index is 640. The van der Waals surface area contributed by atoms with E-state index in [0.29, 0.717) is 50.3 Å². The number of aliphatic hydroxyl groups excluding tert-OH is 1. The SMILES string of the molecule is CNc1ncccc1C(=O)N1CCC2(CC1)CC(O)CN(C)C2=O. The first-order valence-corrected chi connectivity index (χ1v) is 8.32. The molecular weight excluding hydrogens is 308 g/mol. The van der Waals surface area contributed by atoms with Crippen LogP contribution in [0.2, 0.25) is 0 Å². The first-order chi connectivity index (χ1) is 11.5. The van der Waals surface area contributed by atoms with Gasteiger partial charge in [-0.1, -0.05) is 0 Å². The molecule has 1 spiro atoms. The molecule has 0 bridgehead atoms. The van der Waals surface area contributed by atoms with Gasteiger partial charge >= 0.3 is 0 Å². The Morgan fingerprint density at radius 3 is 2.79 bits per heavy atom. The van der Waals surface area contributed by atoms with Crippen molar-refractivity contribution in [2.45, 2.75) is 25.4 Å². The number of carbonyl (C=O) groups excluding carboxylic acids is 2. The Balaban J connectivity index is 1.73. The van der Waals surface area contributed by atoms with Gasteiger partial charge in [-0.3, -0.25) is 9.59 Å². The highest BCUT2D eigenvalue weighted by molar-refractivity contribution is 5.99. The van der Waals surface area contributed by atoms with Crippen LogP contribution in [-0.4, -0.2) is 71.5 Å². The van der Waals surface area contributed by atoms with Gasteiger partial charge in [0, 0.05) is 39.9 Å². The molecule has 2 aliphatic heterocycles. The molecule has 0 aliphatic carbocycles. The average Bonchev–Trinajstić information content (AvgIpc) is 2.59. The zero-order chi connectivity index (χ0) is 17.3. The van der Waals surface area contributed by atoms with E-state index >= 15 is 0 Å². The number of nitrogens with zero attached hydrogens (tertiary/aromatic N) is 3. The third-order valence-electron chi connectivity index (χ3n) is 5.19. The molecule has 1 aromatic rings. The summed E-state index contributed by atoms with van der Waals surface area (Å²) in [6.45, 7) is 1.43. The Morgan fingerprint density at radius 1 is 1.42 bits per heavy atom. The van der Waals surface area contributed by atoms with E-state index in [1.165, 1.54) is 0 Å². The van der Waals surface area contributed by atoms with Gasteiger partial charge in [0.25, 0.3) is 5.91 Å². The smallest absolute Gasteiger partial charge is 0.257 e. The number of carbonyl (C=O) groups is 2. The molecule has 0 radical (unpaired) electrons. The minimum Gasteiger partial charge on any atom is -0.391 e. The monoisotopic (exact) mass is 332 g/mol. The fourth-order valence-electron chi connectivity index (χ4n) is 3.91. The van der Waals surface area contributed by atoms with Gasteiger partial charge in [0.1, 0.15) is 5.82 Å². The Morgan fingerprint density at radius 2 is 2.12 bits per heavy atom. The lowest BCUT2D eigenvalue weighted by Crippen LogP contribution is -2.56. The number of likely N-dealkylation sites (N-methyl/N-ethyl adjacent to an activating group) is 1. The van der Waals surface area contributed by atoms with Crippen LogP contribution in [0.15, 0.2) is 18.3 Å². The standard InChI is InChI=1S/C17H24N4O3/c1-18-14-13(4-3-7-19-14)15(23)21-8-5-17(6-9-21)10-12(22)11-20(2)16(17)24/h3-4,7,12,22H,5-6,8-11H2,1-2H3,(H,18,19). The summed E-state index contributed by atoms with van der Waals surface area (Å²) in [5, 5.41) is 13.0.